The lowest BCUT2D eigenvalue weighted by Gasteiger charge is -2.15. The highest BCUT2D eigenvalue weighted by Crippen LogP contribution is 2.13. The van der Waals surface area contributed by atoms with E-state index in [1.165, 1.54) is 141 Å². The first-order valence-electron chi connectivity index (χ1n) is 19.9. The highest BCUT2D eigenvalue weighted by Gasteiger charge is 2.16. The van der Waals surface area contributed by atoms with Crippen LogP contribution in [0.25, 0.3) is 0 Å². The quantitative estimate of drug-likeness (QED) is 0.0416. The minimum Gasteiger partial charge on any atom is -0.462 e. The predicted octanol–water partition coefficient (Wildman–Crippen LogP) is 12.3. The molecule has 0 fully saturated rings. The smallest absolute Gasteiger partial charge is 0.306 e. The van der Waals surface area contributed by atoms with Crippen molar-refractivity contribution in [2.45, 2.75) is 213 Å². The van der Waals surface area contributed by atoms with Crippen molar-refractivity contribution in [1.82, 2.24) is 0 Å². The third-order valence-electron chi connectivity index (χ3n) is 8.72. The highest BCUT2D eigenvalue weighted by molar-refractivity contribution is 5.70. The number of unbranched alkanes of at least 4 members (excludes halogenated alkanes) is 24. The van der Waals surface area contributed by atoms with Gasteiger partial charge in [0.25, 0.3) is 0 Å². The molecule has 0 saturated carbocycles. The monoisotopic (exact) mass is 649 g/mol. The Kier molecular flexibility index (Phi) is 36.5. The maximum Gasteiger partial charge on any atom is 0.306 e. The van der Waals surface area contributed by atoms with Gasteiger partial charge in [-0.05, 0) is 64.2 Å². The third-order valence-corrected chi connectivity index (χ3v) is 8.72. The Morgan fingerprint density at radius 2 is 0.804 bits per heavy atom. The molecule has 1 N–H and O–H groups in total. The van der Waals surface area contributed by atoms with Gasteiger partial charge in [-0.1, -0.05) is 154 Å². The van der Waals surface area contributed by atoms with E-state index < -0.39 is 6.10 Å². The first kappa shape index (κ1) is 44.4. The molecule has 0 heterocycles. The molecule has 0 bridgehead atoms. The molecule has 0 saturated heterocycles. The van der Waals surface area contributed by atoms with Gasteiger partial charge < -0.3 is 14.6 Å². The molecule has 0 unspecified atom stereocenters. The fourth-order valence-electron chi connectivity index (χ4n) is 5.66. The highest BCUT2D eigenvalue weighted by atomic mass is 16.6. The third kappa shape index (κ3) is 35.2. The molecular weight excluding hydrogens is 572 g/mol. The molecule has 0 aromatic rings. The Hall–Kier alpha value is -1.62. The summed E-state index contributed by atoms with van der Waals surface area (Å²) in [7, 11) is 0. The van der Waals surface area contributed by atoms with E-state index in [0.717, 1.165) is 38.5 Å². The number of hydrogen-bond donors (Lipinski definition) is 1. The van der Waals surface area contributed by atoms with E-state index in [0.29, 0.717) is 12.8 Å². The summed E-state index contributed by atoms with van der Waals surface area (Å²) in [5, 5.41) is 9.55. The van der Waals surface area contributed by atoms with E-state index >= 15 is 0 Å². The van der Waals surface area contributed by atoms with Crippen LogP contribution in [-0.2, 0) is 19.1 Å². The van der Waals surface area contributed by atoms with Gasteiger partial charge in [-0.2, -0.15) is 0 Å². The average molecular weight is 649 g/mol. The molecule has 0 aromatic heterocycles. The Bertz CT molecular complexity index is 701. The van der Waals surface area contributed by atoms with Crippen LogP contribution in [0.1, 0.15) is 206 Å². The largest absolute Gasteiger partial charge is 0.462 e. The lowest BCUT2D eigenvalue weighted by molar-refractivity contribution is -0.161. The predicted molar refractivity (Wildman–Crippen MR) is 196 cm³/mol. The molecule has 1 atom stereocenters. The zero-order chi connectivity index (χ0) is 33.6. The number of ether oxygens (including phenoxy) is 2. The summed E-state index contributed by atoms with van der Waals surface area (Å²) in [4.78, 5) is 24.2. The van der Waals surface area contributed by atoms with E-state index in [-0.39, 0.29) is 25.2 Å². The maximum absolute atomic E-state index is 12.2. The molecule has 0 radical (unpaired) electrons. The summed E-state index contributed by atoms with van der Waals surface area (Å²) in [6.45, 7) is 4.12. The van der Waals surface area contributed by atoms with Gasteiger partial charge in [-0.15, -0.1) is 0 Å². The minimum atomic E-state index is -0.771. The summed E-state index contributed by atoms with van der Waals surface area (Å²) >= 11 is 0. The second kappa shape index (κ2) is 37.8. The molecule has 0 amide bonds. The molecule has 46 heavy (non-hydrogen) atoms. The Labute approximate surface area is 285 Å². The maximum atomic E-state index is 12.2. The SMILES string of the molecule is CCCCCC/C=C\CCCCCCCCCC(=O)O[C@@H](CO)COC(=O)CCCCCCCCC/C=C\CCCCCCCC. The van der Waals surface area contributed by atoms with Crippen LogP contribution in [0.5, 0.6) is 0 Å². The van der Waals surface area contributed by atoms with Crippen LogP contribution < -0.4 is 0 Å². The molecule has 0 aliphatic carbocycles. The Morgan fingerprint density at radius 1 is 0.478 bits per heavy atom. The molecule has 0 rings (SSSR count). The number of carbonyl (C=O) groups is 2. The fourth-order valence-corrected chi connectivity index (χ4v) is 5.66. The zero-order valence-corrected chi connectivity index (χ0v) is 30.6. The van der Waals surface area contributed by atoms with Crippen molar-refractivity contribution in [1.29, 1.82) is 0 Å². The zero-order valence-electron chi connectivity index (χ0n) is 30.6. The van der Waals surface area contributed by atoms with Crippen LogP contribution in [0.15, 0.2) is 24.3 Å². The van der Waals surface area contributed by atoms with Crippen molar-refractivity contribution in [2.75, 3.05) is 13.2 Å². The lowest BCUT2D eigenvalue weighted by Crippen LogP contribution is -2.28. The van der Waals surface area contributed by atoms with Crippen LogP contribution >= 0.6 is 0 Å². The van der Waals surface area contributed by atoms with Gasteiger partial charge in [0.1, 0.15) is 6.61 Å². The van der Waals surface area contributed by atoms with Gasteiger partial charge in [-0.3, -0.25) is 9.59 Å². The molecule has 5 heteroatoms. The summed E-state index contributed by atoms with van der Waals surface area (Å²) < 4.78 is 10.6. The van der Waals surface area contributed by atoms with Gasteiger partial charge in [0.2, 0.25) is 0 Å². The van der Waals surface area contributed by atoms with Gasteiger partial charge in [-0.25, -0.2) is 0 Å². The number of rotatable bonds is 36. The number of esters is 2. The number of carbonyl (C=O) groups excluding carboxylic acids is 2. The van der Waals surface area contributed by atoms with Gasteiger partial charge >= 0.3 is 11.9 Å². The standard InChI is InChI=1S/C41H76O5/c1-3-5-7-9-11-13-15-17-19-20-22-23-25-27-29-31-33-35-40(43)45-38-39(37-42)46-41(44)36-34-32-30-28-26-24-21-18-16-14-12-10-8-6-4-2/h14,16-17,19,39,42H,3-13,15,18,20-38H2,1-2H3/b16-14-,19-17-/t39-/m0/s1. The first-order chi connectivity index (χ1) is 22.6. The van der Waals surface area contributed by atoms with Crippen molar-refractivity contribution < 1.29 is 24.2 Å². The molecule has 0 spiro atoms. The average Bonchev–Trinajstić information content (AvgIpc) is 3.06. The summed E-state index contributed by atoms with van der Waals surface area (Å²) in [6.07, 6.45) is 43.8. The normalized spacial score (nSPS) is 12.3. The molecule has 0 aliphatic rings. The van der Waals surface area contributed by atoms with Gasteiger partial charge in [0.05, 0.1) is 6.61 Å². The number of hydrogen-bond acceptors (Lipinski definition) is 5. The van der Waals surface area contributed by atoms with Crippen molar-refractivity contribution in [2.24, 2.45) is 0 Å². The van der Waals surface area contributed by atoms with Crippen molar-refractivity contribution in [3.63, 3.8) is 0 Å². The summed E-state index contributed by atoms with van der Waals surface area (Å²) in [5.41, 5.74) is 0. The summed E-state index contributed by atoms with van der Waals surface area (Å²) in [6, 6.07) is 0. The fraction of sp³-hybridized carbons (Fsp3) is 0.854. The van der Waals surface area contributed by atoms with Gasteiger partial charge in [0.15, 0.2) is 6.10 Å². The Morgan fingerprint density at radius 3 is 1.20 bits per heavy atom. The molecule has 5 nitrogen and oxygen atoms in total. The van der Waals surface area contributed by atoms with Crippen LogP contribution in [0.4, 0.5) is 0 Å². The van der Waals surface area contributed by atoms with Crippen molar-refractivity contribution >= 4 is 11.9 Å². The number of aliphatic hydroxyl groups excluding tert-OH is 1. The van der Waals surface area contributed by atoms with E-state index in [1.807, 2.05) is 0 Å². The second-order valence-electron chi connectivity index (χ2n) is 13.4. The lowest BCUT2D eigenvalue weighted by atomic mass is 10.1. The molecular formula is C41H76O5. The summed E-state index contributed by atoms with van der Waals surface area (Å²) in [5.74, 6) is -0.596. The van der Waals surface area contributed by atoms with Crippen LogP contribution in [0.2, 0.25) is 0 Å². The first-order valence-corrected chi connectivity index (χ1v) is 19.9. The number of aliphatic hydroxyl groups is 1. The van der Waals surface area contributed by atoms with Gasteiger partial charge in [0, 0.05) is 12.8 Å². The van der Waals surface area contributed by atoms with Crippen molar-refractivity contribution in [3.05, 3.63) is 24.3 Å². The molecule has 0 aliphatic heterocycles. The number of allylic oxidation sites excluding steroid dienone is 4. The van der Waals surface area contributed by atoms with Crippen LogP contribution in [0.3, 0.4) is 0 Å². The molecule has 270 valence electrons. The van der Waals surface area contributed by atoms with Crippen molar-refractivity contribution in [3.8, 4) is 0 Å². The Balaban J connectivity index is 3.54. The van der Waals surface area contributed by atoms with E-state index in [4.69, 9.17) is 9.47 Å². The van der Waals surface area contributed by atoms with E-state index in [1.54, 1.807) is 0 Å². The second-order valence-corrected chi connectivity index (χ2v) is 13.4. The van der Waals surface area contributed by atoms with Crippen LogP contribution in [-0.4, -0.2) is 36.4 Å². The molecule has 0 aromatic carbocycles. The van der Waals surface area contributed by atoms with Crippen LogP contribution in [0, 0.1) is 0 Å². The van der Waals surface area contributed by atoms with E-state index in [2.05, 4.69) is 38.2 Å². The minimum absolute atomic E-state index is 0.0669. The topological polar surface area (TPSA) is 72.8 Å². The van der Waals surface area contributed by atoms with E-state index in [9.17, 15) is 14.7 Å².